The molecule has 0 aliphatic carbocycles. The summed E-state index contributed by atoms with van der Waals surface area (Å²) in [5.41, 5.74) is 0.107. The molecule has 4 aromatic rings. The zero-order chi connectivity index (χ0) is 30.7. The van der Waals surface area contributed by atoms with Crippen molar-refractivity contribution in [2.75, 3.05) is 0 Å². The molecule has 218 valence electrons. The summed E-state index contributed by atoms with van der Waals surface area (Å²) in [6, 6.07) is 14.8. The summed E-state index contributed by atoms with van der Waals surface area (Å²) in [4.78, 5) is -1.47. The highest BCUT2D eigenvalue weighted by Crippen LogP contribution is 2.37. The van der Waals surface area contributed by atoms with Crippen molar-refractivity contribution in [2.45, 2.75) is 23.0 Å². The number of benzene rings is 4. The molecule has 0 fully saturated rings. The topological polar surface area (TPSA) is 239 Å². The van der Waals surface area contributed by atoms with Crippen molar-refractivity contribution < 1.29 is 46.4 Å². The van der Waals surface area contributed by atoms with Crippen molar-refractivity contribution in [3.05, 3.63) is 83.9 Å². The average molecular weight is 615 g/mol. The zero-order valence-corrected chi connectivity index (χ0v) is 22.9. The minimum atomic E-state index is -4.96. The van der Waals surface area contributed by atoms with E-state index in [2.05, 4.69) is 20.5 Å². The third kappa shape index (κ3) is 7.00. The fourth-order valence-corrected chi connectivity index (χ4v) is 5.22. The third-order valence-electron chi connectivity index (χ3n) is 5.81. The number of azo groups is 2. The number of aliphatic hydroxyl groups is 2. The molecule has 0 amide bonds. The van der Waals surface area contributed by atoms with Gasteiger partial charge in [-0.15, -0.1) is 0 Å². The molecule has 14 nitrogen and oxygen atoms in total. The Labute approximate surface area is 239 Å². The van der Waals surface area contributed by atoms with Gasteiger partial charge in [0.05, 0.1) is 36.0 Å². The van der Waals surface area contributed by atoms with Crippen LogP contribution in [-0.4, -0.2) is 46.4 Å². The van der Waals surface area contributed by atoms with Gasteiger partial charge in [0.1, 0.15) is 21.3 Å². The lowest BCUT2D eigenvalue weighted by Gasteiger charge is -2.12. The summed E-state index contributed by atoms with van der Waals surface area (Å²) in [6.45, 7) is -0.928. The summed E-state index contributed by atoms with van der Waals surface area (Å²) in [7, 11) is -9.92. The van der Waals surface area contributed by atoms with Crippen LogP contribution in [0.25, 0.3) is 11.1 Å². The van der Waals surface area contributed by atoms with E-state index in [0.717, 1.165) is 24.3 Å². The van der Waals surface area contributed by atoms with E-state index in [-0.39, 0.29) is 56.5 Å². The quantitative estimate of drug-likeness (QED) is 0.108. The molecule has 0 aliphatic heterocycles. The molecule has 0 spiro atoms. The van der Waals surface area contributed by atoms with Crippen LogP contribution in [0.1, 0.15) is 11.1 Å². The summed E-state index contributed by atoms with van der Waals surface area (Å²) in [5, 5.41) is 53.6. The van der Waals surface area contributed by atoms with Crippen LogP contribution >= 0.6 is 0 Å². The van der Waals surface area contributed by atoms with E-state index in [1.54, 1.807) is 0 Å². The largest absolute Gasteiger partial charge is 0.508 e. The van der Waals surface area contributed by atoms with Crippen LogP contribution in [0.5, 0.6) is 11.5 Å². The Morgan fingerprint density at radius 3 is 1.12 bits per heavy atom. The highest BCUT2D eigenvalue weighted by Gasteiger charge is 2.24. The molecule has 0 bridgehead atoms. The van der Waals surface area contributed by atoms with Gasteiger partial charge in [-0.05, 0) is 60.7 Å². The molecule has 16 heteroatoms. The van der Waals surface area contributed by atoms with Crippen molar-refractivity contribution in [3.63, 3.8) is 0 Å². The molecule has 0 aromatic heterocycles. The smallest absolute Gasteiger partial charge is 0.295 e. The predicted molar refractivity (Wildman–Crippen MR) is 148 cm³/mol. The van der Waals surface area contributed by atoms with Gasteiger partial charge in [0.2, 0.25) is 0 Å². The summed E-state index contributed by atoms with van der Waals surface area (Å²) in [5.74, 6) is -0.319. The number of hydrogen-bond donors (Lipinski definition) is 6. The van der Waals surface area contributed by atoms with Gasteiger partial charge in [-0.3, -0.25) is 9.11 Å². The maximum Gasteiger partial charge on any atom is 0.295 e. The van der Waals surface area contributed by atoms with Crippen molar-refractivity contribution in [1.82, 2.24) is 0 Å². The van der Waals surface area contributed by atoms with Crippen LogP contribution in [0.2, 0.25) is 0 Å². The molecule has 0 heterocycles. The monoisotopic (exact) mass is 614 g/mol. The Kier molecular flexibility index (Phi) is 8.76. The van der Waals surface area contributed by atoms with Gasteiger partial charge in [-0.2, -0.15) is 37.3 Å². The molecule has 6 N–H and O–H groups in total. The maximum atomic E-state index is 12.3. The highest BCUT2D eigenvalue weighted by molar-refractivity contribution is 7.86. The SMILES string of the molecule is O=S(=O)(O)c1cc(N=Nc2ccc(O)c(CO)c2)ccc1-c1ccc(N=Nc2ccc(O)c(CO)c2)cc1S(=O)(=O)O. The first-order valence-electron chi connectivity index (χ1n) is 11.7. The van der Waals surface area contributed by atoms with Gasteiger partial charge in [0.15, 0.2) is 0 Å². The summed E-state index contributed by atoms with van der Waals surface area (Å²) < 4.78 is 69.0. The van der Waals surface area contributed by atoms with Crippen LogP contribution in [0, 0.1) is 0 Å². The fourth-order valence-electron chi connectivity index (χ4n) is 3.77. The second kappa shape index (κ2) is 12.1. The van der Waals surface area contributed by atoms with E-state index in [1.165, 1.54) is 48.5 Å². The first kappa shape index (κ1) is 30.4. The minimum Gasteiger partial charge on any atom is -0.508 e. The Balaban J connectivity index is 1.76. The van der Waals surface area contributed by atoms with Crippen LogP contribution in [0.15, 0.2) is 103 Å². The number of aliphatic hydroxyl groups excluding tert-OH is 2. The highest BCUT2D eigenvalue weighted by atomic mass is 32.2. The molecular formula is C26H22N4O10S2. The Bertz CT molecular complexity index is 1800. The second-order valence-corrected chi connectivity index (χ2v) is 11.4. The maximum absolute atomic E-state index is 12.3. The molecule has 4 aromatic carbocycles. The van der Waals surface area contributed by atoms with Gasteiger partial charge < -0.3 is 20.4 Å². The lowest BCUT2D eigenvalue weighted by Crippen LogP contribution is -2.05. The lowest BCUT2D eigenvalue weighted by atomic mass is 10.0. The van der Waals surface area contributed by atoms with E-state index in [4.69, 9.17) is 0 Å². The minimum absolute atomic E-state index is 0.0556. The molecule has 0 saturated heterocycles. The standard InChI is InChI=1S/C26H22N4O10S2/c31-13-15-9-17(3-7-23(15)33)27-29-19-1-5-21(25(11-19)41(35,36)37)22-6-2-20(12-26(22)42(38,39)40)30-28-18-4-8-24(34)16(10-18)14-32/h1-12,31-34H,13-14H2,(H,35,36,37)(H,38,39,40). The predicted octanol–water partition coefficient (Wildman–Crippen LogP) is 5.07. The molecule has 4 rings (SSSR count). The normalized spacial score (nSPS) is 12.4. The first-order valence-corrected chi connectivity index (χ1v) is 14.6. The number of phenols is 2. The fraction of sp³-hybridized carbons (Fsp3) is 0.0769. The molecule has 0 saturated carbocycles. The number of hydrogen-bond acceptors (Lipinski definition) is 12. The summed E-state index contributed by atoms with van der Waals surface area (Å²) >= 11 is 0. The Hall–Kier alpha value is -4.58. The number of aromatic hydroxyl groups is 2. The van der Waals surface area contributed by atoms with Gasteiger partial charge in [0, 0.05) is 22.3 Å². The molecular weight excluding hydrogens is 592 g/mol. The van der Waals surface area contributed by atoms with Gasteiger partial charge in [-0.1, -0.05) is 12.1 Å². The molecule has 0 unspecified atom stereocenters. The van der Waals surface area contributed by atoms with Crippen molar-refractivity contribution in [3.8, 4) is 22.6 Å². The van der Waals surface area contributed by atoms with E-state index in [9.17, 15) is 46.4 Å². The van der Waals surface area contributed by atoms with Crippen LogP contribution in [0.3, 0.4) is 0 Å². The van der Waals surface area contributed by atoms with Crippen molar-refractivity contribution in [2.24, 2.45) is 20.5 Å². The molecule has 0 radical (unpaired) electrons. The lowest BCUT2D eigenvalue weighted by molar-refractivity contribution is 0.275. The van der Waals surface area contributed by atoms with E-state index in [0.29, 0.717) is 0 Å². The first-order chi connectivity index (χ1) is 19.8. The average Bonchev–Trinajstić information content (AvgIpc) is 2.95. The molecule has 0 aliphatic rings. The van der Waals surface area contributed by atoms with E-state index >= 15 is 0 Å². The van der Waals surface area contributed by atoms with Gasteiger partial charge in [-0.25, -0.2) is 0 Å². The number of rotatable bonds is 9. The van der Waals surface area contributed by atoms with Crippen LogP contribution in [-0.2, 0) is 33.5 Å². The Morgan fingerprint density at radius 2 is 0.810 bits per heavy atom. The second-order valence-electron chi connectivity index (χ2n) is 8.65. The van der Waals surface area contributed by atoms with Gasteiger partial charge in [0.25, 0.3) is 20.2 Å². The third-order valence-corrected chi connectivity index (χ3v) is 7.59. The molecule has 42 heavy (non-hydrogen) atoms. The van der Waals surface area contributed by atoms with Gasteiger partial charge >= 0.3 is 0 Å². The Morgan fingerprint density at radius 1 is 0.500 bits per heavy atom. The number of nitrogens with zero attached hydrogens (tertiary/aromatic N) is 4. The molecule has 0 atom stereocenters. The van der Waals surface area contributed by atoms with E-state index in [1.807, 2.05) is 0 Å². The van der Waals surface area contributed by atoms with Crippen molar-refractivity contribution >= 4 is 43.0 Å². The summed E-state index contributed by atoms with van der Waals surface area (Å²) in [6.07, 6.45) is 0. The van der Waals surface area contributed by atoms with Crippen molar-refractivity contribution in [1.29, 1.82) is 0 Å². The van der Waals surface area contributed by atoms with Crippen LogP contribution < -0.4 is 0 Å². The van der Waals surface area contributed by atoms with Crippen LogP contribution in [0.4, 0.5) is 22.7 Å². The van der Waals surface area contributed by atoms with E-state index < -0.39 is 43.2 Å². The zero-order valence-electron chi connectivity index (χ0n) is 21.3.